The van der Waals surface area contributed by atoms with Gasteiger partial charge >= 0.3 is 0 Å². The Morgan fingerprint density at radius 3 is 2.67 bits per heavy atom. The largest absolute Gasteiger partial charge is 0.389 e. The van der Waals surface area contributed by atoms with E-state index in [1.165, 1.54) is 6.42 Å². The van der Waals surface area contributed by atoms with E-state index in [1.807, 2.05) is 12.3 Å². The number of nitrogens with one attached hydrogen (secondary N) is 1. The Morgan fingerprint density at radius 1 is 1.25 bits per heavy atom. The summed E-state index contributed by atoms with van der Waals surface area (Å²) in [6, 6.07) is 2.14. The Hall–Kier alpha value is -1.40. The summed E-state index contributed by atoms with van der Waals surface area (Å²) in [6.07, 6.45) is 11.5. The zero-order valence-electron chi connectivity index (χ0n) is 14.5. The van der Waals surface area contributed by atoms with Gasteiger partial charge in [0, 0.05) is 51.0 Å². The third kappa shape index (κ3) is 5.05. The van der Waals surface area contributed by atoms with Gasteiger partial charge in [-0.15, -0.1) is 0 Å². The second-order valence-electron chi connectivity index (χ2n) is 7.42. The highest BCUT2D eigenvalue weighted by Gasteiger charge is 2.32. The summed E-state index contributed by atoms with van der Waals surface area (Å²) in [5, 5.41) is 17.9. The van der Waals surface area contributed by atoms with Crippen LogP contribution in [-0.4, -0.2) is 57.0 Å². The van der Waals surface area contributed by atoms with Crippen LogP contribution in [0.4, 0.5) is 0 Å². The third-order valence-corrected chi connectivity index (χ3v) is 5.38. The van der Waals surface area contributed by atoms with E-state index in [-0.39, 0.29) is 11.9 Å². The fraction of sp³-hybridized carbons (Fsp3) is 0.778. The molecule has 0 spiro atoms. The predicted octanol–water partition coefficient (Wildman–Crippen LogP) is 1.55. The minimum Gasteiger partial charge on any atom is -0.389 e. The molecule has 0 atom stereocenters. The van der Waals surface area contributed by atoms with Gasteiger partial charge in [0.05, 0.1) is 5.60 Å². The lowest BCUT2D eigenvalue weighted by molar-refractivity contribution is -0.122. The standard InChI is InChI=1S/C18H30N4O2/c23-17(7-14-22-11-4-10-19-22)20-16-5-12-21(13-6-16)15-18(24)8-2-1-3-9-18/h4,10-11,16,24H,1-3,5-9,12-15H2,(H,20,23). The molecule has 2 N–H and O–H groups in total. The molecule has 1 amide bonds. The molecule has 6 heteroatoms. The first-order chi connectivity index (χ1) is 11.6. The molecular weight excluding hydrogens is 304 g/mol. The van der Waals surface area contributed by atoms with Crippen molar-refractivity contribution in [3.63, 3.8) is 0 Å². The van der Waals surface area contributed by atoms with Crippen molar-refractivity contribution in [2.75, 3.05) is 19.6 Å². The lowest BCUT2D eigenvalue weighted by atomic mass is 9.84. The summed E-state index contributed by atoms with van der Waals surface area (Å²) in [4.78, 5) is 14.4. The van der Waals surface area contributed by atoms with Crippen molar-refractivity contribution < 1.29 is 9.90 Å². The van der Waals surface area contributed by atoms with Crippen LogP contribution < -0.4 is 5.32 Å². The minimum atomic E-state index is -0.474. The lowest BCUT2D eigenvalue weighted by Gasteiger charge is -2.40. The molecule has 1 aromatic rings. The van der Waals surface area contributed by atoms with Crippen LogP contribution in [0.2, 0.25) is 0 Å². The van der Waals surface area contributed by atoms with Crippen molar-refractivity contribution in [1.29, 1.82) is 0 Å². The van der Waals surface area contributed by atoms with Crippen LogP contribution in [0.15, 0.2) is 18.5 Å². The molecule has 1 aliphatic heterocycles. The van der Waals surface area contributed by atoms with Crippen LogP contribution in [0, 0.1) is 0 Å². The van der Waals surface area contributed by atoms with Crippen molar-refractivity contribution in [1.82, 2.24) is 20.0 Å². The highest BCUT2D eigenvalue weighted by Crippen LogP contribution is 2.29. The molecule has 0 bridgehead atoms. The van der Waals surface area contributed by atoms with E-state index in [4.69, 9.17) is 0 Å². The zero-order valence-corrected chi connectivity index (χ0v) is 14.5. The third-order valence-electron chi connectivity index (χ3n) is 5.38. The number of nitrogens with zero attached hydrogens (tertiary/aromatic N) is 3. The van der Waals surface area contributed by atoms with Crippen LogP contribution in [0.5, 0.6) is 0 Å². The number of β-amino-alcohol motifs (C(OH)–C–C–N with tert-alkyl or cyclic N) is 1. The van der Waals surface area contributed by atoms with Crippen LogP contribution >= 0.6 is 0 Å². The first-order valence-corrected chi connectivity index (χ1v) is 9.35. The molecule has 3 rings (SSSR count). The second kappa shape index (κ2) is 8.12. The van der Waals surface area contributed by atoms with E-state index >= 15 is 0 Å². The summed E-state index contributed by atoms with van der Waals surface area (Å²) < 4.78 is 1.78. The van der Waals surface area contributed by atoms with Crippen molar-refractivity contribution in [3.8, 4) is 0 Å². The monoisotopic (exact) mass is 334 g/mol. The van der Waals surface area contributed by atoms with Gasteiger partial charge in [-0.1, -0.05) is 19.3 Å². The molecule has 0 aromatic carbocycles. The number of rotatable bonds is 6. The average molecular weight is 334 g/mol. The van der Waals surface area contributed by atoms with Gasteiger partial charge in [-0.3, -0.25) is 9.48 Å². The summed E-state index contributed by atoms with van der Waals surface area (Å²) >= 11 is 0. The van der Waals surface area contributed by atoms with Crippen molar-refractivity contribution >= 4 is 5.91 Å². The molecular formula is C18H30N4O2. The SMILES string of the molecule is O=C(CCn1cccn1)NC1CCN(CC2(O)CCCCC2)CC1. The normalized spacial score (nSPS) is 22.4. The van der Waals surface area contributed by atoms with Gasteiger partial charge < -0.3 is 15.3 Å². The Morgan fingerprint density at radius 2 is 2.00 bits per heavy atom. The van der Waals surface area contributed by atoms with E-state index in [1.54, 1.807) is 10.9 Å². The number of likely N-dealkylation sites (tertiary alicyclic amines) is 1. The number of aliphatic hydroxyl groups is 1. The predicted molar refractivity (Wildman–Crippen MR) is 92.5 cm³/mol. The van der Waals surface area contributed by atoms with Crippen molar-refractivity contribution in [2.45, 2.75) is 69.6 Å². The van der Waals surface area contributed by atoms with E-state index in [0.29, 0.717) is 13.0 Å². The summed E-state index contributed by atoms with van der Waals surface area (Å²) in [6.45, 7) is 3.36. The van der Waals surface area contributed by atoms with Crippen LogP contribution in [-0.2, 0) is 11.3 Å². The summed E-state index contributed by atoms with van der Waals surface area (Å²) in [5.74, 6) is 0.106. The topological polar surface area (TPSA) is 70.4 Å². The van der Waals surface area contributed by atoms with Crippen LogP contribution in [0.1, 0.15) is 51.4 Å². The van der Waals surface area contributed by atoms with E-state index in [2.05, 4.69) is 15.3 Å². The first-order valence-electron chi connectivity index (χ1n) is 9.35. The van der Waals surface area contributed by atoms with Gasteiger partial charge in [0.2, 0.25) is 5.91 Å². The van der Waals surface area contributed by atoms with E-state index in [9.17, 15) is 9.90 Å². The fourth-order valence-electron chi connectivity index (χ4n) is 3.97. The molecule has 24 heavy (non-hydrogen) atoms. The molecule has 2 aliphatic rings. The molecule has 1 aliphatic carbocycles. The Balaban J connectivity index is 1.35. The second-order valence-corrected chi connectivity index (χ2v) is 7.42. The first kappa shape index (κ1) is 17.4. The maximum Gasteiger partial charge on any atom is 0.222 e. The fourth-order valence-corrected chi connectivity index (χ4v) is 3.97. The number of hydrogen-bond acceptors (Lipinski definition) is 4. The molecule has 1 saturated carbocycles. The molecule has 0 unspecified atom stereocenters. The number of carbonyl (C=O) groups is 1. The summed E-state index contributed by atoms with van der Waals surface area (Å²) in [5.41, 5.74) is -0.474. The maximum atomic E-state index is 12.1. The van der Waals surface area contributed by atoms with Crippen molar-refractivity contribution in [3.05, 3.63) is 18.5 Å². The van der Waals surface area contributed by atoms with Gasteiger partial charge in [0.1, 0.15) is 0 Å². The van der Waals surface area contributed by atoms with Crippen LogP contribution in [0.3, 0.4) is 0 Å². The van der Waals surface area contributed by atoms with Gasteiger partial charge in [-0.05, 0) is 31.7 Å². The Labute approximate surface area is 144 Å². The zero-order chi connectivity index (χ0) is 16.8. The average Bonchev–Trinajstić information content (AvgIpc) is 3.09. The molecule has 0 radical (unpaired) electrons. The number of carbonyl (C=O) groups excluding carboxylic acids is 1. The quantitative estimate of drug-likeness (QED) is 0.828. The molecule has 6 nitrogen and oxygen atoms in total. The lowest BCUT2D eigenvalue weighted by Crippen LogP contribution is -2.50. The van der Waals surface area contributed by atoms with Crippen molar-refractivity contribution in [2.24, 2.45) is 0 Å². The number of aryl methyl sites for hydroxylation is 1. The molecule has 1 saturated heterocycles. The van der Waals surface area contributed by atoms with E-state index < -0.39 is 5.60 Å². The maximum absolute atomic E-state index is 12.1. The number of aromatic nitrogens is 2. The highest BCUT2D eigenvalue weighted by atomic mass is 16.3. The summed E-state index contributed by atoms with van der Waals surface area (Å²) in [7, 11) is 0. The highest BCUT2D eigenvalue weighted by molar-refractivity contribution is 5.76. The molecule has 2 heterocycles. The van der Waals surface area contributed by atoms with Gasteiger partial charge in [-0.25, -0.2) is 0 Å². The molecule has 134 valence electrons. The smallest absolute Gasteiger partial charge is 0.222 e. The van der Waals surface area contributed by atoms with E-state index in [0.717, 1.165) is 58.2 Å². The minimum absolute atomic E-state index is 0.106. The Bertz CT molecular complexity index is 503. The number of piperidine rings is 1. The van der Waals surface area contributed by atoms with Gasteiger partial charge in [0.25, 0.3) is 0 Å². The Kier molecular flexibility index (Phi) is 5.89. The van der Waals surface area contributed by atoms with Gasteiger partial charge in [-0.2, -0.15) is 5.10 Å². The van der Waals surface area contributed by atoms with Crippen LogP contribution in [0.25, 0.3) is 0 Å². The molecule has 2 fully saturated rings. The number of amides is 1. The molecule has 1 aromatic heterocycles. The van der Waals surface area contributed by atoms with Gasteiger partial charge in [0.15, 0.2) is 0 Å². The number of hydrogen-bond donors (Lipinski definition) is 2.